The van der Waals surface area contributed by atoms with Gasteiger partial charge >= 0.3 is 0 Å². The van der Waals surface area contributed by atoms with Crippen molar-refractivity contribution in [1.82, 2.24) is 4.90 Å². The highest BCUT2D eigenvalue weighted by atomic mass is 16.3. The number of fused-ring (bicyclic) bond motifs is 5. The highest BCUT2D eigenvalue weighted by Crippen LogP contribution is 2.65. The summed E-state index contributed by atoms with van der Waals surface area (Å²) in [7, 11) is 2.36. The second-order valence-electron chi connectivity index (χ2n) is 13.1. The molecular weight excluding hydrogens is 382 g/mol. The minimum Gasteiger partial charge on any atom is -0.393 e. The van der Waals surface area contributed by atoms with Crippen LogP contribution in [0.1, 0.15) is 85.5 Å². The number of aliphatic hydroxyl groups is 1. The smallest absolute Gasteiger partial charge is 0.136 e. The number of aliphatic hydroxyl groups excluding tert-OH is 1. The first kappa shape index (κ1) is 22.4. The van der Waals surface area contributed by atoms with E-state index in [1.165, 1.54) is 38.6 Å². The monoisotopic (exact) mass is 429 g/mol. The van der Waals surface area contributed by atoms with Gasteiger partial charge in [0.25, 0.3) is 0 Å². The summed E-state index contributed by atoms with van der Waals surface area (Å²) in [4.78, 5) is 15.9. The molecule has 3 nitrogen and oxygen atoms in total. The maximum Gasteiger partial charge on any atom is 0.136 e. The van der Waals surface area contributed by atoms with Crippen LogP contribution in [0, 0.1) is 58.7 Å². The van der Waals surface area contributed by atoms with Gasteiger partial charge in [0.05, 0.1) is 6.10 Å². The lowest BCUT2D eigenvalue weighted by atomic mass is 9.51. The molecule has 0 radical (unpaired) electrons. The summed E-state index contributed by atoms with van der Waals surface area (Å²) in [6, 6.07) is 0.757. The van der Waals surface area contributed by atoms with Gasteiger partial charge in [-0.2, -0.15) is 0 Å². The van der Waals surface area contributed by atoms with Crippen LogP contribution in [0.15, 0.2) is 0 Å². The fourth-order valence-corrected chi connectivity index (χ4v) is 10.0. The van der Waals surface area contributed by atoms with Gasteiger partial charge in [-0.05, 0) is 111 Å². The van der Waals surface area contributed by atoms with Crippen LogP contribution in [0.4, 0.5) is 0 Å². The van der Waals surface area contributed by atoms with E-state index in [4.69, 9.17) is 0 Å². The van der Waals surface area contributed by atoms with Crippen LogP contribution in [-0.4, -0.2) is 41.5 Å². The van der Waals surface area contributed by atoms with E-state index in [1.54, 1.807) is 0 Å². The number of carbonyl (C=O) groups is 1. The van der Waals surface area contributed by atoms with E-state index in [0.717, 1.165) is 67.2 Å². The van der Waals surface area contributed by atoms with Crippen molar-refractivity contribution >= 4 is 5.78 Å². The van der Waals surface area contributed by atoms with Crippen molar-refractivity contribution < 1.29 is 9.90 Å². The number of likely N-dealkylation sites (tertiary alicyclic amines) is 1. The highest BCUT2D eigenvalue weighted by Gasteiger charge is 2.61. The first-order valence-electron chi connectivity index (χ1n) is 13.6. The quantitative estimate of drug-likeness (QED) is 0.638. The van der Waals surface area contributed by atoms with Gasteiger partial charge in [-0.1, -0.05) is 27.7 Å². The molecule has 3 heteroatoms. The van der Waals surface area contributed by atoms with Gasteiger partial charge in [-0.25, -0.2) is 0 Å². The van der Waals surface area contributed by atoms with Crippen molar-refractivity contribution in [3.8, 4) is 0 Å². The molecule has 12 atom stereocenters. The number of nitrogens with zero attached hydrogens (tertiary/aromatic N) is 1. The first-order chi connectivity index (χ1) is 14.7. The number of carbonyl (C=O) groups excluding carboxylic acids is 1. The third-order valence-electron chi connectivity index (χ3n) is 11.7. The summed E-state index contributed by atoms with van der Waals surface area (Å²) < 4.78 is 0. The van der Waals surface area contributed by atoms with Crippen molar-refractivity contribution in [3.63, 3.8) is 0 Å². The Hall–Kier alpha value is -0.410. The molecule has 0 bridgehead atoms. The van der Waals surface area contributed by atoms with Crippen LogP contribution in [-0.2, 0) is 4.79 Å². The van der Waals surface area contributed by atoms with E-state index < -0.39 is 0 Å². The SMILES string of the molecule is C[C@H]1CC[C@H]([C@@H](C)[C@@H]2CC[C@@H]3[C@@H](C[C@H]4[C@H]3CC(=O)[C@H]3C[C@@H](O)CC[C@@]34C)[C@H]2C)N(C)C1. The van der Waals surface area contributed by atoms with E-state index in [1.807, 2.05) is 0 Å². The molecule has 0 amide bonds. The Morgan fingerprint density at radius 3 is 2.55 bits per heavy atom. The summed E-state index contributed by atoms with van der Waals surface area (Å²) in [6.45, 7) is 11.2. The van der Waals surface area contributed by atoms with E-state index in [2.05, 4.69) is 39.6 Å². The van der Waals surface area contributed by atoms with Gasteiger partial charge in [-0.3, -0.25) is 4.79 Å². The third kappa shape index (κ3) is 3.56. The second kappa shape index (κ2) is 8.12. The van der Waals surface area contributed by atoms with Gasteiger partial charge in [0, 0.05) is 24.9 Å². The standard InChI is InChI=1S/C28H47NO2/c1-16-6-9-26(29(5)15-16)18(3)20-7-8-21-22(17(20)2)13-24-23(21)14-27(31)25-12-19(30)10-11-28(24,25)4/h16-26,30H,6-15H2,1-5H3/t16-,17-,18-,19-,20+,21+,22-,23-,24-,25+,26+,28+/m0/s1. The summed E-state index contributed by atoms with van der Waals surface area (Å²) in [5, 5.41) is 10.3. The normalized spacial score (nSPS) is 54.1. The Morgan fingerprint density at radius 2 is 1.81 bits per heavy atom. The lowest BCUT2D eigenvalue weighted by Crippen LogP contribution is -2.51. The average molecular weight is 430 g/mol. The highest BCUT2D eigenvalue weighted by molar-refractivity contribution is 5.83. The zero-order valence-corrected chi connectivity index (χ0v) is 20.7. The van der Waals surface area contributed by atoms with Crippen LogP contribution in [0.2, 0.25) is 0 Å². The molecule has 0 aromatic carbocycles. The van der Waals surface area contributed by atoms with Gasteiger partial charge in [-0.15, -0.1) is 0 Å². The van der Waals surface area contributed by atoms with Crippen LogP contribution < -0.4 is 0 Å². The summed E-state index contributed by atoms with van der Waals surface area (Å²) in [6.07, 6.45) is 10.1. The molecule has 176 valence electrons. The number of hydrogen-bond acceptors (Lipinski definition) is 3. The van der Waals surface area contributed by atoms with Crippen LogP contribution in [0.25, 0.3) is 0 Å². The molecule has 0 spiro atoms. The summed E-state index contributed by atoms with van der Waals surface area (Å²) in [5.41, 5.74) is 0.150. The minimum absolute atomic E-state index is 0.126. The van der Waals surface area contributed by atoms with Crippen LogP contribution in [0.3, 0.4) is 0 Å². The Balaban J connectivity index is 1.34. The van der Waals surface area contributed by atoms with Crippen molar-refractivity contribution in [2.75, 3.05) is 13.6 Å². The average Bonchev–Trinajstić information content (AvgIpc) is 3.10. The fraction of sp³-hybridized carbons (Fsp3) is 0.964. The molecule has 4 aliphatic carbocycles. The molecule has 5 rings (SSSR count). The van der Waals surface area contributed by atoms with E-state index in [0.29, 0.717) is 17.6 Å². The van der Waals surface area contributed by atoms with E-state index in [-0.39, 0.29) is 17.4 Å². The minimum atomic E-state index is -0.249. The maximum atomic E-state index is 13.2. The molecular formula is C28H47NO2. The molecule has 4 saturated carbocycles. The fourth-order valence-electron chi connectivity index (χ4n) is 10.0. The van der Waals surface area contributed by atoms with Gasteiger partial charge in [0.2, 0.25) is 0 Å². The largest absolute Gasteiger partial charge is 0.393 e. The number of rotatable bonds is 2. The predicted molar refractivity (Wildman–Crippen MR) is 126 cm³/mol. The Kier molecular flexibility index (Phi) is 5.86. The summed E-state index contributed by atoms with van der Waals surface area (Å²) >= 11 is 0. The van der Waals surface area contributed by atoms with Crippen molar-refractivity contribution in [1.29, 1.82) is 0 Å². The first-order valence-corrected chi connectivity index (χ1v) is 13.6. The van der Waals surface area contributed by atoms with E-state index in [9.17, 15) is 9.90 Å². The Bertz CT molecular complexity index is 692. The topological polar surface area (TPSA) is 40.5 Å². The van der Waals surface area contributed by atoms with E-state index >= 15 is 0 Å². The maximum absolute atomic E-state index is 13.2. The van der Waals surface area contributed by atoms with Crippen molar-refractivity contribution in [2.45, 2.75) is 97.6 Å². The molecule has 5 fully saturated rings. The lowest BCUT2D eigenvalue weighted by Gasteiger charge is -2.52. The zero-order chi connectivity index (χ0) is 22.1. The van der Waals surface area contributed by atoms with Crippen LogP contribution >= 0.6 is 0 Å². The number of ketones is 1. The predicted octanol–water partition coefficient (Wildman–Crippen LogP) is 5.41. The summed E-state index contributed by atoms with van der Waals surface area (Å²) in [5.74, 6) is 6.82. The Morgan fingerprint density at radius 1 is 1.03 bits per heavy atom. The number of hydrogen-bond donors (Lipinski definition) is 1. The van der Waals surface area contributed by atoms with Gasteiger partial charge in [0.15, 0.2) is 0 Å². The molecule has 31 heavy (non-hydrogen) atoms. The number of Topliss-reactive ketones (excluding diaryl/α,β-unsaturated/α-hetero) is 1. The van der Waals surface area contributed by atoms with Crippen molar-refractivity contribution in [3.05, 3.63) is 0 Å². The van der Waals surface area contributed by atoms with Crippen LogP contribution in [0.5, 0.6) is 0 Å². The molecule has 1 aliphatic heterocycles. The molecule has 5 aliphatic rings. The molecule has 1 N–H and O–H groups in total. The molecule has 0 aromatic heterocycles. The molecule has 0 aromatic rings. The molecule has 0 unspecified atom stereocenters. The van der Waals surface area contributed by atoms with Gasteiger partial charge < -0.3 is 10.0 Å². The zero-order valence-electron chi connectivity index (χ0n) is 20.7. The number of piperidine rings is 1. The van der Waals surface area contributed by atoms with Gasteiger partial charge in [0.1, 0.15) is 5.78 Å². The lowest BCUT2D eigenvalue weighted by molar-refractivity contribution is -0.145. The molecule has 1 saturated heterocycles. The second-order valence-corrected chi connectivity index (χ2v) is 13.1. The third-order valence-corrected chi connectivity index (χ3v) is 11.7. The van der Waals surface area contributed by atoms with Crippen molar-refractivity contribution in [2.24, 2.45) is 58.7 Å². The Labute approximate surface area is 190 Å². The molecule has 1 heterocycles.